The fourth-order valence-corrected chi connectivity index (χ4v) is 1.75. The first kappa shape index (κ1) is 10.5. The summed E-state index contributed by atoms with van der Waals surface area (Å²) in [5.41, 5.74) is 5.54. The van der Waals surface area contributed by atoms with Crippen molar-refractivity contribution in [1.29, 1.82) is 0 Å². The molecular weight excluding hydrogens is 188 g/mol. The zero-order chi connectivity index (χ0) is 9.68. The topological polar surface area (TPSA) is 77.0 Å². The lowest BCUT2D eigenvalue weighted by Gasteiger charge is -2.06. The van der Waals surface area contributed by atoms with Crippen LogP contribution in [0.25, 0.3) is 0 Å². The predicted octanol–water partition coefficient (Wildman–Crippen LogP) is -0.383. The highest BCUT2D eigenvalue weighted by molar-refractivity contribution is 7.99. The molecule has 1 rings (SSSR count). The number of aliphatic hydroxyl groups is 1. The van der Waals surface area contributed by atoms with Crippen LogP contribution in [-0.4, -0.2) is 38.3 Å². The van der Waals surface area contributed by atoms with Gasteiger partial charge in [-0.1, -0.05) is 11.8 Å². The van der Waals surface area contributed by atoms with Gasteiger partial charge in [-0.2, -0.15) is 0 Å². The van der Waals surface area contributed by atoms with Gasteiger partial charge in [-0.15, -0.1) is 10.2 Å². The number of hydrogen-bond acceptors (Lipinski definition) is 5. The van der Waals surface area contributed by atoms with Gasteiger partial charge in [0.2, 0.25) is 0 Å². The molecule has 0 saturated heterocycles. The third-order valence-corrected chi connectivity index (χ3v) is 2.69. The van der Waals surface area contributed by atoms with Crippen LogP contribution in [-0.2, 0) is 7.05 Å². The van der Waals surface area contributed by atoms with Crippen molar-refractivity contribution in [2.75, 3.05) is 12.4 Å². The van der Waals surface area contributed by atoms with Crippen molar-refractivity contribution in [2.45, 2.75) is 17.6 Å². The van der Waals surface area contributed by atoms with Crippen LogP contribution in [0.4, 0.5) is 0 Å². The minimum Gasteiger partial charge on any atom is -0.395 e. The van der Waals surface area contributed by atoms with Gasteiger partial charge < -0.3 is 15.4 Å². The van der Waals surface area contributed by atoms with E-state index in [1.165, 1.54) is 0 Å². The van der Waals surface area contributed by atoms with Crippen molar-refractivity contribution in [3.05, 3.63) is 6.33 Å². The second kappa shape index (κ2) is 5.21. The maximum Gasteiger partial charge on any atom is 0.190 e. The van der Waals surface area contributed by atoms with Gasteiger partial charge in [0.15, 0.2) is 5.16 Å². The van der Waals surface area contributed by atoms with Crippen molar-refractivity contribution in [1.82, 2.24) is 14.8 Å². The van der Waals surface area contributed by atoms with Gasteiger partial charge in [0.05, 0.1) is 6.61 Å². The van der Waals surface area contributed by atoms with Crippen LogP contribution in [0.5, 0.6) is 0 Å². The summed E-state index contributed by atoms with van der Waals surface area (Å²) in [6.07, 6.45) is 2.45. The molecule has 0 radical (unpaired) electrons. The minimum atomic E-state index is -0.124. The quantitative estimate of drug-likeness (QED) is 0.636. The summed E-state index contributed by atoms with van der Waals surface area (Å²) in [4.78, 5) is 0. The number of hydrogen-bond donors (Lipinski definition) is 2. The van der Waals surface area contributed by atoms with E-state index in [1.54, 1.807) is 18.1 Å². The number of nitrogens with zero attached hydrogens (tertiary/aromatic N) is 3. The Kier molecular flexibility index (Phi) is 4.20. The predicted molar refractivity (Wildman–Crippen MR) is 51.4 cm³/mol. The summed E-state index contributed by atoms with van der Waals surface area (Å²) in [5, 5.41) is 17.2. The van der Waals surface area contributed by atoms with Gasteiger partial charge in [-0.3, -0.25) is 0 Å². The Morgan fingerprint density at radius 2 is 2.54 bits per heavy atom. The second-order valence-corrected chi connectivity index (χ2v) is 3.87. The standard InChI is InChI=1S/C7H14N4OS/c1-11-5-9-10-7(11)13-3-2-6(8)4-12/h5-6,12H,2-4,8H2,1H3. The molecule has 1 atom stereocenters. The highest BCUT2D eigenvalue weighted by Crippen LogP contribution is 2.14. The number of aryl methyl sites for hydroxylation is 1. The van der Waals surface area contributed by atoms with Gasteiger partial charge in [-0.25, -0.2) is 0 Å². The molecule has 13 heavy (non-hydrogen) atoms. The molecule has 3 N–H and O–H groups in total. The Bertz CT molecular complexity index is 252. The average molecular weight is 202 g/mol. The largest absolute Gasteiger partial charge is 0.395 e. The van der Waals surface area contributed by atoms with Crippen LogP contribution >= 0.6 is 11.8 Å². The minimum absolute atomic E-state index is 0.0410. The second-order valence-electron chi connectivity index (χ2n) is 2.80. The highest BCUT2D eigenvalue weighted by atomic mass is 32.2. The van der Waals surface area contributed by atoms with Crippen molar-refractivity contribution in [2.24, 2.45) is 12.8 Å². The fraction of sp³-hybridized carbons (Fsp3) is 0.714. The first-order valence-corrected chi connectivity index (χ1v) is 5.06. The van der Waals surface area contributed by atoms with Crippen LogP contribution in [0.1, 0.15) is 6.42 Å². The molecule has 0 spiro atoms. The van der Waals surface area contributed by atoms with E-state index in [0.717, 1.165) is 17.3 Å². The van der Waals surface area contributed by atoms with Gasteiger partial charge in [0, 0.05) is 18.8 Å². The Labute approximate surface area is 81.3 Å². The highest BCUT2D eigenvalue weighted by Gasteiger charge is 2.03. The molecular formula is C7H14N4OS. The Morgan fingerprint density at radius 1 is 1.77 bits per heavy atom. The van der Waals surface area contributed by atoms with Crippen LogP contribution in [0.15, 0.2) is 11.5 Å². The number of aromatic nitrogens is 3. The SMILES string of the molecule is Cn1cnnc1SCCC(N)CO. The summed E-state index contributed by atoms with van der Waals surface area (Å²) in [7, 11) is 1.90. The molecule has 1 aromatic heterocycles. The summed E-state index contributed by atoms with van der Waals surface area (Å²) in [5.74, 6) is 0.855. The monoisotopic (exact) mass is 202 g/mol. The summed E-state index contributed by atoms with van der Waals surface area (Å²) >= 11 is 1.60. The number of thioether (sulfide) groups is 1. The molecule has 0 saturated carbocycles. The molecule has 1 aromatic rings. The van der Waals surface area contributed by atoms with Crippen LogP contribution in [0.3, 0.4) is 0 Å². The van der Waals surface area contributed by atoms with Gasteiger partial charge in [-0.05, 0) is 6.42 Å². The number of rotatable bonds is 5. The van der Waals surface area contributed by atoms with Crippen LogP contribution in [0.2, 0.25) is 0 Å². The van der Waals surface area contributed by atoms with E-state index in [-0.39, 0.29) is 12.6 Å². The molecule has 0 aromatic carbocycles. The maximum absolute atomic E-state index is 8.68. The van der Waals surface area contributed by atoms with E-state index in [9.17, 15) is 0 Å². The molecule has 0 bridgehead atoms. The zero-order valence-corrected chi connectivity index (χ0v) is 8.37. The van der Waals surface area contributed by atoms with Gasteiger partial charge in [0.1, 0.15) is 6.33 Å². The summed E-state index contributed by atoms with van der Waals surface area (Å²) in [6, 6.07) is -0.124. The average Bonchev–Trinajstić information content (AvgIpc) is 2.52. The lowest BCUT2D eigenvalue weighted by Crippen LogP contribution is -2.24. The van der Waals surface area contributed by atoms with Crippen molar-refractivity contribution < 1.29 is 5.11 Å². The molecule has 6 heteroatoms. The maximum atomic E-state index is 8.68. The normalized spacial score (nSPS) is 13.2. The van der Waals surface area contributed by atoms with Gasteiger partial charge in [0.25, 0.3) is 0 Å². The number of nitrogens with two attached hydrogens (primary N) is 1. The number of aliphatic hydroxyl groups excluding tert-OH is 1. The molecule has 0 fully saturated rings. The summed E-state index contributed by atoms with van der Waals surface area (Å²) < 4.78 is 1.86. The third kappa shape index (κ3) is 3.33. The first-order chi connectivity index (χ1) is 6.24. The Balaban J connectivity index is 2.24. The smallest absolute Gasteiger partial charge is 0.190 e. The lowest BCUT2D eigenvalue weighted by molar-refractivity contribution is 0.264. The molecule has 0 aliphatic rings. The molecule has 74 valence electrons. The molecule has 0 aliphatic heterocycles. The van der Waals surface area contributed by atoms with Crippen LogP contribution < -0.4 is 5.73 Å². The van der Waals surface area contributed by atoms with Crippen molar-refractivity contribution in [3.63, 3.8) is 0 Å². The molecule has 1 unspecified atom stereocenters. The van der Waals surface area contributed by atoms with Crippen LogP contribution in [0, 0.1) is 0 Å². The lowest BCUT2D eigenvalue weighted by atomic mass is 10.3. The van der Waals surface area contributed by atoms with Crippen molar-refractivity contribution in [3.8, 4) is 0 Å². The Hall–Kier alpha value is -0.590. The molecule has 5 nitrogen and oxygen atoms in total. The van der Waals surface area contributed by atoms with E-state index in [0.29, 0.717) is 0 Å². The van der Waals surface area contributed by atoms with E-state index in [4.69, 9.17) is 10.8 Å². The summed E-state index contributed by atoms with van der Waals surface area (Å²) in [6.45, 7) is 0.0410. The molecule has 0 amide bonds. The van der Waals surface area contributed by atoms with E-state index < -0.39 is 0 Å². The van der Waals surface area contributed by atoms with Gasteiger partial charge >= 0.3 is 0 Å². The molecule has 0 aliphatic carbocycles. The molecule has 1 heterocycles. The Morgan fingerprint density at radius 3 is 3.08 bits per heavy atom. The van der Waals surface area contributed by atoms with Crippen molar-refractivity contribution >= 4 is 11.8 Å². The van der Waals surface area contributed by atoms with E-state index in [1.807, 2.05) is 11.6 Å². The fourth-order valence-electron chi connectivity index (χ4n) is 0.796. The van der Waals surface area contributed by atoms with E-state index >= 15 is 0 Å². The first-order valence-electron chi connectivity index (χ1n) is 4.07. The van der Waals surface area contributed by atoms with E-state index in [2.05, 4.69) is 10.2 Å². The third-order valence-electron chi connectivity index (χ3n) is 1.62. The zero-order valence-electron chi connectivity index (χ0n) is 7.55.